The number of nitrogens with one attached hydrogen (secondary N) is 1. The van der Waals surface area contributed by atoms with Crippen molar-refractivity contribution >= 4 is 29.3 Å². The van der Waals surface area contributed by atoms with Crippen molar-refractivity contribution in [1.29, 1.82) is 0 Å². The molecule has 0 bridgehead atoms. The van der Waals surface area contributed by atoms with E-state index in [4.69, 9.17) is 0 Å². The minimum absolute atomic E-state index is 0.0112. The Kier molecular flexibility index (Phi) is 4.47. The van der Waals surface area contributed by atoms with Gasteiger partial charge in [-0.3, -0.25) is 9.59 Å². The highest BCUT2D eigenvalue weighted by molar-refractivity contribution is 7.98. The van der Waals surface area contributed by atoms with E-state index in [1.165, 1.54) is 0 Å². The van der Waals surface area contributed by atoms with Gasteiger partial charge in [0.05, 0.1) is 5.69 Å². The molecule has 1 heterocycles. The summed E-state index contributed by atoms with van der Waals surface area (Å²) < 4.78 is 0. The van der Waals surface area contributed by atoms with E-state index in [0.717, 1.165) is 17.0 Å². The van der Waals surface area contributed by atoms with Crippen molar-refractivity contribution < 1.29 is 9.59 Å². The lowest BCUT2D eigenvalue weighted by Crippen LogP contribution is -2.58. The predicted octanol–water partition coefficient (Wildman–Crippen LogP) is 2.04. The molecule has 2 amide bonds. The highest BCUT2D eigenvalue weighted by atomic mass is 32.2. The van der Waals surface area contributed by atoms with Crippen LogP contribution in [0.25, 0.3) is 0 Å². The summed E-state index contributed by atoms with van der Waals surface area (Å²) in [6.07, 6.45) is 3.52. The maximum atomic E-state index is 12.4. The van der Waals surface area contributed by atoms with Crippen molar-refractivity contribution in [3.05, 3.63) is 24.3 Å². The molecule has 1 unspecified atom stereocenters. The van der Waals surface area contributed by atoms with Crippen LogP contribution < -0.4 is 10.2 Å². The summed E-state index contributed by atoms with van der Waals surface area (Å²) in [5.41, 5.74) is 0.830. The zero-order valence-corrected chi connectivity index (χ0v) is 12.0. The van der Waals surface area contributed by atoms with Crippen LogP contribution in [0.5, 0.6) is 0 Å². The van der Waals surface area contributed by atoms with Crippen molar-refractivity contribution in [2.24, 2.45) is 0 Å². The van der Waals surface area contributed by atoms with E-state index in [2.05, 4.69) is 5.32 Å². The average Bonchev–Trinajstić information content (AvgIpc) is 2.42. The Morgan fingerprint density at radius 2 is 2.11 bits per heavy atom. The third-order valence-electron chi connectivity index (χ3n) is 3.15. The average molecular weight is 278 g/mol. The molecule has 5 heteroatoms. The number of amides is 2. The lowest BCUT2D eigenvalue weighted by Gasteiger charge is -2.33. The molecule has 1 aromatic carbocycles. The minimum atomic E-state index is -0.388. The van der Waals surface area contributed by atoms with E-state index >= 15 is 0 Å². The van der Waals surface area contributed by atoms with E-state index in [-0.39, 0.29) is 24.4 Å². The Bertz CT molecular complexity index is 490. The van der Waals surface area contributed by atoms with Gasteiger partial charge in [-0.15, -0.1) is 11.8 Å². The highest BCUT2D eigenvalue weighted by Crippen LogP contribution is 2.29. The first-order chi connectivity index (χ1) is 9.17. The summed E-state index contributed by atoms with van der Waals surface area (Å²) in [6, 6.07) is 7.30. The third-order valence-corrected chi connectivity index (χ3v) is 3.94. The summed E-state index contributed by atoms with van der Waals surface area (Å²) in [5.74, 6) is -0.100. The molecule has 0 aliphatic carbocycles. The highest BCUT2D eigenvalue weighted by Gasteiger charge is 2.33. The van der Waals surface area contributed by atoms with Gasteiger partial charge >= 0.3 is 0 Å². The molecule has 1 atom stereocenters. The third kappa shape index (κ3) is 2.92. The summed E-state index contributed by atoms with van der Waals surface area (Å²) >= 11 is 1.58. The molecule has 2 rings (SSSR count). The molecule has 1 saturated heterocycles. The van der Waals surface area contributed by atoms with Gasteiger partial charge in [-0.25, -0.2) is 0 Å². The monoisotopic (exact) mass is 278 g/mol. The van der Waals surface area contributed by atoms with Gasteiger partial charge in [-0.05, 0) is 24.8 Å². The van der Waals surface area contributed by atoms with Gasteiger partial charge < -0.3 is 10.2 Å². The van der Waals surface area contributed by atoms with Crippen LogP contribution in [0, 0.1) is 0 Å². The van der Waals surface area contributed by atoms with Gasteiger partial charge in [0, 0.05) is 4.90 Å². The molecule has 0 spiro atoms. The van der Waals surface area contributed by atoms with Gasteiger partial charge in [0.1, 0.15) is 12.6 Å². The van der Waals surface area contributed by atoms with E-state index in [0.29, 0.717) is 6.42 Å². The predicted molar refractivity (Wildman–Crippen MR) is 77.4 cm³/mol. The number of nitrogens with zero attached hydrogens (tertiary/aromatic N) is 1. The number of anilines is 1. The number of carbonyl (C=O) groups excluding carboxylic acids is 2. The number of rotatable bonds is 4. The van der Waals surface area contributed by atoms with Crippen molar-refractivity contribution in [2.45, 2.75) is 30.7 Å². The van der Waals surface area contributed by atoms with Gasteiger partial charge in [0.15, 0.2) is 0 Å². The molecule has 1 N–H and O–H groups in total. The molecule has 19 heavy (non-hydrogen) atoms. The largest absolute Gasteiger partial charge is 0.343 e. The van der Waals surface area contributed by atoms with Gasteiger partial charge in [-0.2, -0.15) is 0 Å². The Morgan fingerprint density at radius 1 is 1.37 bits per heavy atom. The van der Waals surface area contributed by atoms with E-state index in [9.17, 15) is 9.59 Å². The minimum Gasteiger partial charge on any atom is -0.343 e. The fourth-order valence-corrected chi connectivity index (χ4v) is 2.85. The zero-order valence-electron chi connectivity index (χ0n) is 11.2. The molecular formula is C14H18N2O2S. The van der Waals surface area contributed by atoms with Crippen LogP contribution in [0.2, 0.25) is 0 Å². The first-order valence-electron chi connectivity index (χ1n) is 6.41. The molecule has 4 nitrogen and oxygen atoms in total. The number of hydrogen-bond acceptors (Lipinski definition) is 3. The number of benzene rings is 1. The normalized spacial score (nSPS) is 19.5. The van der Waals surface area contributed by atoms with Crippen molar-refractivity contribution in [3.8, 4) is 0 Å². The lowest BCUT2D eigenvalue weighted by atomic mass is 10.1. The molecular weight excluding hydrogens is 260 g/mol. The van der Waals surface area contributed by atoms with Crippen LogP contribution in [-0.2, 0) is 9.59 Å². The fourth-order valence-electron chi connectivity index (χ4n) is 2.25. The fraction of sp³-hybridized carbons (Fsp3) is 0.429. The van der Waals surface area contributed by atoms with Gasteiger partial charge in [0.2, 0.25) is 11.8 Å². The summed E-state index contributed by atoms with van der Waals surface area (Å²) in [7, 11) is 0. The summed E-state index contributed by atoms with van der Waals surface area (Å²) in [5, 5.41) is 2.77. The number of hydrogen-bond donors (Lipinski definition) is 1. The van der Waals surface area contributed by atoms with E-state index in [1.807, 2.05) is 37.4 Å². The van der Waals surface area contributed by atoms with Crippen molar-refractivity contribution in [1.82, 2.24) is 5.32 Å². The second kappa shape index (κ2) is 6.10. The Morgan fingerprint density at radius 3 is 2.79 bits per heavy atom. The van der Waals surface area contributed by atoms with Gasteiger partial charge in [0.25, 0.3) is 0 Å². The van der Waals surface area contributed by atoms with Crippen LogP contribution in [-0.4, -0.2) is 30.7 Å². The first-order valence-corrected chi connectivity index (χ1v) is 7.63. The molecule has 1 aromatic rings. The number of para-hydroxylation sites is 1. The van der Waals surface area contributed by atoms with E-state index < -0.39 is 0 Å². The Labute approximate surface area is 117 Å². The molecule has 1 fully saturated rings. The zero-order chi connectivity index (χ0) is 13.8. The van der Waals surface area contributed by atoms with Crippen LogP contribution in [0.4, 0.5) is 5.69 Å². The Balaban J connectivity index is 2.31. The standard InChI is InChI=1S/C14H18N2O2S/c1-3-6-10-14(18)16(9-13(17)15-10)11-7-4-5-8-12(11)19-2/h4-5,7-8,10H,3,6,9H2,1-2H3,(H,15,17). The lowest BCUT2D eigenvalue weighted by molar-refractivity contribution is -0.131. The number of thioether (sulfide) groups is 1. The number of piperazine rings is 1. The molecule has 1 aliphatic rings. The second-order valence-corrected chi connectivity index (χ2v) is 5.35. The first kappa shape index (κ1) is 13.9. The molecule has 0 radical (unpaired) electrons. The molecule has 1 aliphatic heterocycles. The van der Waals surface area contributed by atoms with Gasteiger partial charge in [-0.1, -0.05) is 25.5 Å². The molecule has 0 aromatic heterocycles. The topological polar surface area (TPSA) is 49.4 Å². The summed E-state index contributed by atoms with van der Waals surface area (Å²) in [6.45, 7) is 2.12. The molecule has 102 valence electrons. The maximum absolute atomic E-state index is 12.4. The second-order valence-electron chi connectivity index (χ2n) is 4.51. The van der Waals surface area contributed by atoms with Crippen molar-refractivity contribution in [2.75, 3.05) is 17.7 Å². The SMILES string of the molecule is CCCC1NC(=O)CN(c2ccccc2SC)C1=O. The maximum Gasteiger partial charge on any atom is 0.250 e. The van der Waals surface area contributed by atoms with Crippen LogP contribution in [0.1, 0.15) is 19.8 Å². The number of carbonyl (C=O) groups is 2. The molecule has 0 saturated carbocycles. The Hall–Kier alpha value is -1.49. The van der Waals surface area contributed by atoms with Crippen LogP contribution in [0.15, 0.2) is 29.2 Å². The van der Waals surface area contributed by atoms with E-state index in [1.54, 1.807) is 16.7 Å². The summed E-state index contributed by atoms with van der Waals surface area (Å²) in [4.78, 5) is 26.8. The van der Waals surface area contributed by atoms with Crippen LogP contribution in [0.3, 0.4) is 0 Å². The van der Waals surface area contributed by atoms with Crippen LogP contribution >= 0.6 is 11.8 Å². The van der Waals surface area contributed by atoms with Crippen molar-refractivity contribution in [3.63, 3.8) is 0 Å². The smallest absolute Gasteiger partial charge is 0.250 e. The quantitative estimate of drug-likeness (QED) is 0.857.